The van der Waals surface area contributed by atoms with E-state index in [2.05, 4.69) is 10.2 Å². The number of phenolic OH excluding ortho intramolecular Hbond substituents is 1. The van der Waals surface area contributed by atoms with E-state index in [9.17, 15) is 15.2 Å². The molecule has 0 amide bonds. The Morgan fingerprint density at radius 1 is 1.16 bits per heavy atom. The number of aromatic hydroxyl groups is 1. The van der Waals surface area contributed by atoms with Crippen LogP contribution in [-0.2, 0) is 0 Å². The summed E-state index contributed by atoms with van der Waals surface area (Å²) in [4.78, 5) is 9.74. The summed E-state index contributed by atoms with van der Waals surface area (Å²) >= 11 is 0. The summed E-state index contributed by atoms with van der Waals surface area (Å²) in [5, 5.41) is 27.2. The van der Waals surface area contributed by atoms with Crippen LogP contribution in [0.3, 0.4) is 0 Å². The SMILES string of the molecule is O=[N+]([O-])c1ccc(/C=N\N=C/c2ccccc2O)o1. The molecule has 7 nitrogen and oxygen atoms in total. The smallest absolute Gasteiger partial charge is 0.433 e. The van der Waals surface area contributed by atoms with Gasteiger partial charge in [0.25, 0.3) is 0 Å². The molecule has 1 N–H and O–H groups in total. The van der Waals surface area contributed by atoms with Crippen LogP contribution in [-0.4, -0.2) is 22.5 Å². The number of para-hydroxylation sites is 1. The van der Waals surface area contributed by atoms with Crippen molar-refractivity contribution in [3.63, 3.8) is 0 Å². The highest BCUT2D eigenvalue weighted by atomic mass is 16.6. The Bertz CT molecular complexity index is 646. The van der Waals surface area contributed by atoms with E-state index >= 15 is 0 Å². The molecule has 1 aromatic heterocycles. The van der Waals surface area contributed by atoms with Gasteiger partial charge in [0.15, 0.2) is 5.76 Å². The maximum atomic E-state index is 10.4. The first-order chi connectivity index (χ1) is 9.16. The topological polar surface area (TPSA) is 101 Å². The van der Waals surface area contributed by atoms with Crippen LogP contribution in [0.15, 0.2) is 51.0 Å². The molecule has 2 aromatic rings. The predicted molar refractivity (Wildman–Crippen MR) is 68.7 cm³/mol. The van der Waals surface area contributed by atoms with E-state index in [1.54, 1.807) is 18.2 Å². The molecule has 0 saturated carbocycles. The molecule has 0 radical (unpaired) electrons. The first kappa shape index (κ1) is 12.5. The van der Waals surface area contributed by atoms with Gasteiger partial charge in [0, 0.05) is 5.56 Å². The zero-order valence-corrected chi connectivity index (χ0v) is 9.63. The molecule has 0 atom stereocenters. The lowest BCUT2D eigenvalue weighted by Gasteiger charge is -1.94. The van der Waals surface area contributed by atoms with Gasteiger partial charge in [-0.05, 0) is 18.2 Å². The highest BCUT2D eigenvalue weighted by Gasteiger charge is 2.09. The van der Waals surface area contributed by atoms with Crippen molar-refractivity contribution in [1.82, 2.24) is 0 Å². The van der Waals surface area contributed by atoms with Crippen molar-refractivity contribution in [3.8, 4) is 5.75 Å². The largest absolute Gasteiger partial charge is 0.507 e. The average Bonchev–Trinajstić information content (AvgIpc) is 2.85. The van der Waals surface area contributed by atoms with Crippen LogP contribution in [0.5, 0.6) is 5.75 Å². The van der Waals surface area contributed by atoms with Crippen molar-refractivity contribution in [3.05, 3.63) is 57.8 Å². The zero-order valence-electron chi connectivity index (χ0n) is 9.63. The van der Waals surface area contributed by atoms with Gasteiger partial charge in [-0.25, -0.2) is 0 Å². The molecule has 0 spiro atoms. The van der Waals surface area contributed by atoms with E-state index < -0.39 is 4.92 Å². The van der Waals surface area contributed by atoms with E-state index in [1.165, 1.54) is 30.6 Å². The van der Waals surface area contributed by atoms with Gasteiger partial charge in [-0.3, -0.25) is 10.1 Å². The third-order valence-electron chi connectivity index (χ3n) is 2.18. The van der Waals surface area contributed by atoms with Gasteiger partial charge in [-0.2, -0.15) is 10.2 Å². The van der Waals surface area contributed by atoms with Crippen LogP contribution in [0.4, 0.5) is 5.88 Å². The lowest BCUT2D eigenvalue weighted by molar-refractivity contribution is -0.402. The molecule has 7 heteroatoms. The molecule has 19 heavy (non-hydrogen) atoms. The maximum absolute atomic E-state index is 10.4. The van der Waals surface area contributed by atoms with Gasteiger partial charge in [-0.15, -0.1) is 0 Å². The fourth-order valence-corrected chi connectivity index (χ4v) is 1.29. The second-order valence-electron chi connectivity index (χ2n) is 3.48. The van der Waals surface area contributed by atoms with E-state index in [4.69, 9.17) is 4.42 Å². The minimum atomic E-state index is -0.636. The maximum Gasteiger partial charge on any atom is 0.433 e. The second kappa shape index (κ2) is 5.58. The molecular weight excluding hydrogens is 250 g/mol. The molecule has 0 unspecified atom stereocenters. The number of hydrogen-bond acceptors (Lipinski definition) is 6. The average molecular weight is 259 g/mol. The molecule has 0 saturated heterocycles. The van der Waals surface area contributed by atoms with Crippen molar-refractivity contribution in [2.45, 2.75) is 0 Å². The van der Waals surface area contributed by atoms with Crippen molar-refractivity contribution < 1.29 is 14.4 Å². The van der Waals surface area contributed by atoms with Gasteiger partial charge in [-0.1, -0.05) is 12.1 Å². The highest BCUT2D eigenvalue weighted by molar-refractivity contribution is 5.84. The molecule has 96 valence electrons. The summed E-state index contributed by atoms with van der Waals surface area (Å²) in [5.41, 5.74) is 0.519. The summed E-state index contributed by atoms with van der Waals surface area (Å²) < 4.78 is 4.85. The normalized spacial score (nSPS) is 11.4. The summed E-state index contributed by atoms with van der Waals surface area (Å²) in [6.45, 7) is 0. The lowest BCUT2D eigenvalue weighted by Crippen LogP contribution is -1.83. The Kier molecular flexibility index (Phi) is 3.67. The standard InChI is InChI=1S/C12H9N3O4/c16-11-4-2-1-3-9(11)7-13-14-8-10-5-6-12(19-10)15(17)18/h1-8,16H/b13-7-,14-8-. The molecule has 0 bridgehead atoms. The number of nitrogens with zero attached hydrogens (tertiary/aromatic N) is 3. The van der Waals surface area contributed by atoms with Crippen LogP contribution >= 0.6 is 0 Å². The number of furan rings is 1. The minimum Gasteiger partial charge on any atom is -0.507 e. The second-order valence-corrected chi connectivity index (χ2v) is 3.48. The van der Waals surface area contributed by atoms with Crippen molar-refractivity contribution in [1.29, 1.82) is 0 Å². The van der Waals surface area contributed by atoms with E-state index in [1.807, 2.05) is 0 Å². The number of phenols is 1. The Morgan fingerprint density at radius 3 is 2.58 bits per heavy atom. The molecule has 0 aliphatic heterocycles. The Hall–Kier alpha value is -2.96. The van der Waals surface area contributed by atoms with Crippen molar-refractivity contribution in [2.24, 2.45) is 10.2 Å². The Balaban J connectivity index is 2.03. The van der Waals surface area contributed by atoms with Crippen LogP contribution in [0.2, 0.25) is 0 Å². The molecule has 0 aliphatic carbocycles. The van der Waals surface area contributed by atoms with E-state index in [0.29, 0.717) is 5.56 Å². The summed E-state index contributed by atoms with van der Waals surface area (Å²) in [7, 11) is 0. The Morgan fingerprint density at radius 2 is 1.89 bits per heavy atom. The fourth-order valence-electron chi connectivity index (χ4n) is 1.29. The van der Waals surface area contributed by atoms with Gasteiger partial charge >= 0.3 is 5.88 Å². The fraction of sp³-hybridized carbons (Fsp3) is 0. The lowest BCUT2D eigenvalue weighted by atomic mass is 10.2. The molecular formula is C12H9N3O4. The van der Waals surface area contributed by atoms with E-state index in [0.717, 1.165) is 0 Å². The summed E-state index contributed by atoms with van der Waals surface area (Å²) in [6, 6.07) is 9.29. The molecule has 0 fully saturated rings. The Labute approximate surface area is 107 Å². The van der Waals surface area contributed by atoms with Crippen LogP contribution in [0.25, 0.3) is 0 Å². The summed E-state index contributed by atoms with van der Waals surface area (Å²) in [6.07, 6.45) is 2.60. The number of benzene rings is 1. The van der Waals surface area contributed by atoms with Gasteiger partial charge in [0.05, 0.1) is 18.5 Å². The zero-order chi connectivity index (χ0) is 13.7. The van der Waals surface area contributed by atoms with Gasteiger partial charge in [0.1, 0.15) is 10.7 Å². The predicted octanol–water partition coefficient (Wildman–Crippen LogP) is 2.35. The van der Waals surface area contributed by atoms with Gasteiger partial charge in [0.2, 0.25) is 0 Å². The summed E-state index contributed by atoms with van der Waals surface area (Å²) in [5.74, 6) is -0.0395. The third kappa shape index (κ3) is 3.25. The van der Waals surface area contributed by atoms with Crippen LogP contribution in [0.1, 0.15) is 11.3 Å². The van der Waals surface area contributed by atoms with Crippen LogP contribution in [0, 0.1) is 10.1 Å². The third-order valence-corrected chi connectivity index (χ3v) is 2.18. The van der Waals surface area contributed by atoms with Gasteiger partial charge < -0.3 is 9.52 Å². The number of rotatable bonds is 4. The number of nitro groups is 1. The quantitative estimate of drug-likeness (QED) is 0.517. The first-order valence-electron chi connectivity index (χ1n) is 5.25. The first-order valence-corrected chi connectivity index (χ1v) is 5.25. The highest BCUT2D eigenvalue weighted by Crippen LogP contribution is 2.14. The van der Waals surface area contributed by atoms with Crippen molar-refractivity contribution >= 4 is 18.3 Å². The van der Waals surface area contributed by atoms with Crippen LogP contribution < -0.4 is 0 Å². The minimum absolute atomic E-state index is 0.0927. The molecule has 0 aliphatic rings. The van der Waals surface area contributed by atoms with E-state index in [-0.39, 0.29) is 17.4 Å². The monoisotopic (exact) mass is 259 g/mol. The van der Waals surface area contributed by atoms with Crippen molar-refractivity contribution in [2.75, 3.05) is 0 Å². The molecule has 2 rings (SSSR count). The number of hydrogen-bond donors (Lipinski definition) is 1. The molecule has 1 heterocycles. The molecule has 1 aromatic carbocycles.